The summed E-state index contributed by atoms with van der Waals surface area (Å²) >= 11 is 3.04. The zero-order valence-corrected chi connectivity index (χ0v) is 13.4. The van der Waals surface area contributed by atoms with Gasteiger partial charge in [0.2, 0.25) is 11.0 Å². The monoisotopic (exact) mass is 345 g/mol. The molecule has 4 aromatic rings. The van der Waals surface area contributed by atoms with Gasteiger partial charge in [-0.15, -0.1) is 21.5 Å². The summed E-state index contributed by atoms with van der Waals surface area (Å²) in [7, 11) is 0. The van der Waals surface area contributed by atoms with E-state index in [0.717, 1.165) is 16.3 Å². The van der Waals surface area contributed by atoms with Crippen LogP contribution in [0.2, 0.25) is 0 Å². The van der Waals surface area contributed by atoms with Crippen LogP contribution < -0.4 is 5.84 Å². The van der Waals surface area contributed by atoms with Crippen LogP contribution in [0, 0.1) is 0 Å². The summed E-state index contributed by atoms with van der Waals surface area (Å²) in [6.07, 6.45) is 1.57. The van der Waals surface area contributed by atoms with Gasteiger partial charge in [0.1, 0.15) is 0 Å². The van der Waals surface area contributed by atoms with Crippen LogP contribution in [0.1, 0.15) is 5.69 Å². The fourth-order valence-electron chi connectivity index (χ4n) is 2.00. The molecule has 9 heteroatoms. The van der Waals surface area contributed by atoms with Crippen LogP contribution in [0.5, 0.6) is 0 Å². The Balaban J connectivity index is 1.48. The summed E-state index contributed by atoms with van der Waals surface area (Å²) < 4.78 is 12.0. The molecule has 0 aliphatic heterocycles. The quantitative estimate of drug-likeness (QED) is 0.438. The third-order valence-corrected chi connectivity index (χ3v) is 4.94. The van der Waals surface area contributed by atoms with E-state index in [9.17, 15) is 0 Å². The standard InChI is InChI=1S/C14H11N5O2S2/c15-19-13(10-3-1-5-20-10)16-17-14(19)23-8-9-7-11(21-18-9)12-4-2-6-22-12/h1-7H,8,15H2. The van der Waals surface area contributed by atoms with Crippen LogP contribution >= 0.6 is 23.1 Å². The lowest BCUT2D eigenvalue weighted by molar-refractivity contribution is 0.427. The lowest BCUT2D eigenvalue weighted by Gasteiger charge is -2.00. The molecule has 4 rings (SSSR count). The molecule has 0 aromatic carbocycles. The second-order valence-electron chi connectivity index (χ2n) is 4.60. The zero-order chi connectivity index (χ0) is 15.6. The Kier molecular flexibility index (Phi) is 3.64. The topological polar surface area (TPSA) is 95.9 Å². The van der Waals surface area contributed by atoms with Crippen LogP contribution in [0.3, 0.4) is 0 Å². The first-order valence-corrected chi connectivity index (χ1v) is 8.54. The second-order valence-corrected chi connectivity index (χ2v) is 6.49. The molecule has 0 saturated heterocycles. The highest BCUT2D eigenvalue weighted by Gasteiger charge is 2.15. The molecule has 2 N–H and O–H groups in total. The van der Waals surface area contributed by atoms with Gasteiger partial charge >= 0.3 is 0 Å². The van der Waals surface area contributed by atoms with Gasteiger partial charge in [0.05, 0.1) is 16.8 Å². The minimum atomic E-state index is 0.483. The zero-order valence-electron chi connectivity index (χ0n) is 11.7. The minimum absolute atomic E-state index is 0.483. The van der Waals surface area contributed by atoms with Crippen molar-refractivity contribution in [2.45, 2.75) is 10.9 Å². The Morgan fingerprint density at radius 3 is 2.96 bits per heavy atom. The Bertz CT molecular complexity index is 896. The van der Waals surface area contributed by atoms with Crippen LogP contribution in [-0.2, 0) is 5.75 Å². The lowest BCUT2D eigenvalue weighted by atomic mass is 10.3. The van der Waals surface area contributed by atoms with Crippen LogP contribution in [0.4, 0.5) is 0 Å². The molecule has 0 aliphatic rings. The van der Waals surface area contributed by atoms with Crippen molar-refractivity contribution in [2.24, 2.45) is 0 Å². The molecule has 7 nitrogen and oxygen atoms in total. The van der Waals surface area contributed by atoms with Gasteiger partial charge in [0.25, 0.3) is 0 Å². The number of furan rings is 1. The number of thiophene rings is 1. The van der Waals surface area contributed by atoms with Crippen molar-refractivity contribution in [3.63, 3.8) is 0 Å². The highest BCUT2D eigenvalue weighted by atomic mass is 32.2. The van der Waals surface area contributed by atoms with Gasteiger partial charge in [-0.25, -0.2) is 4.68 Å². The lowest BCUT2D eigenvalue weighted by Crippen LogP contribution is -2.11. The average Bonchev–Trinajstić information content (AvgIpc) is 3.33. The summed E-state index contributed by atoms with van der Waals surface area (Å²) in [6.45, 7) is 0. The van der Waals surface area contributed by atoms with Crippen LogP contribution in [0.25, 0.3) is 22.2 Å². The summed E-state index contributed by atoms with van der Waals surface area (Å²) in [5.41, 5.74) is 0.820. The van der Waals surface area contributed by atoms with Crippen molar-refractivity contribution < 1.29 is 8.94 Å². The Hall–Kier alpha value is -2.52. The number of nitrogens with two attached hydrogens (primary N) is 1. The Labute approximate surface area is 139 Å². The van der Waals surface area contributed by atoms with E-state index in [-0.39, 0.29) is 0 Å². The number of nitrogen functional groups attached to an aromatic ring is 1. The van der Waals surface area contributed by atoms with Crippen molar-refractivity contribution in [1.29, 1.82) is 0 Å². The van der Waals surface area contributed by atoms with E-state index in [1.807, 2.05) is 23.6 Å². The molecular weight excluding hydrogens is 334 g/mol. The SMILES string of the molecule is Nn1c(SCc2cc(-c3cccs3)on2)nnc1-c1ccco1. The van der Waals surface area contributed by atoms with E-state index in [2.05, 4.69) is 15.4 Å². The van der Waals surface area contributed by atoms with E-state index < -0.39 is 0 Å². The number of hydrogen-bond acceptors (Lipinski definition) is 8. The molecule has 4 heterocycles. The largest absolute Gasteiger partial charge is 0.461 e. The molecule has 0 radical (unpaired) electrons. The van der Waals surface area contributed by atoms with Crippen molar-refractivity contribution in [2.75, 3.05) is 5.84 Å². The summed E-state index contributed by atoms with van der Waals surface area (Å²) in [5, 5.41) is 14.8. The van der Waals surface area contributed by atoms with Gasteiger partial charge in [-0.1, -0.05) is 23.0 Å². The smallest absolute Gasteiger partial charge is 0.218 e. The van der Waals surface area contributed by atoms with Gasteiger partial charge in [-0.05, 0) is 23.6 Å². The van der Waals surface area contributed by atoms with Gasteiger partial charge in [-0.2, -0.15) is 0 Å². The fraction of sp³-hybridized carbons (Fsp3) is 0.0714. The summed E-state index contributed by atoms with van der Waals surface area (Å²) in [6, 6.07) is 9.45. The molecule has 0 unspecified atom stereocenters. The first kappa shape index (κ1) is 14.1. The highest BCUT2D eigenvalue weighted by molar-refractivity contribution is 7.98. The average molecular weight is 345 g/mol. The number of hydrogen-bond donors (Lipinski definition) is 1. The first-order valence-electron chi connectivity index (χ1n) is 6.68. The molecule has 0 amide bonds. The normalized spacial score (nSPS) is 11.1. The molecular formula is C14H11N5O2S2. The molecule has 0 bridgehead atoms. The highest BCUT2D eigenvalue weighted by Crippen LogP contribution is 2.28. The number of aromatic nitrogens is 4. The first-order chi connectivity index (χ1) is 11.3. The van der Waals surface area contributed by atoms with E-state index in [4.69, 9.17) is 14.8 Å². The van der Waals surface area contributed by atoms with Crippen molar-refractivity contribution in [3.8, 4) is 22.2 Å². The van der Waals surface area contributed by atoms with Gasteiger partial charge in [0, 0.05) is 11.8 Å². The van der Waals surface area contributed by atoms with E-state index in [1.165, 1.54) is 16.4 Å². The van der Waals surface area contributed by atoms with E-state index in [0.29, 0.717) is 22.5 Å². The third-order valence-electron chi connectivity index (χ3n) is 3.08. The third kappa shape index (κ3) is 2.76. The number of thioether (sulfide) groups is 1. The van der Waals surface area contributed by atoms with Crippen molar-refractivity contribution in [3.05, 3.63) is 47.7 Å². The minimum Gasteiger partial charge on any atom is -0.461 e. The van der Waals surface area contributed by atoms with E-state index in [1.54, 1.807) is 29.7 Å². The predicted octanol–water partition coefficient (Wildman–Crippen LogP) is 3.26. The summed E-state index contributed by atoms with van der Waals surface area (Å²) in [5.74, 6) is 8.42. The maximum absolute atomic E-state index is 6.01. The van der Waals surface area contributed by atoms with Crippen LogP contribution in [-0.4, -0.2) is 20.0 Å². The molecule has 0 aliphatic carbocycles. The molecule has 4 aromatic heterocycles. The van der Waals surface area contributed by atoms with Crippen molar-refractivity contribution in [1.82, 2.24) is 20.0 Å². The second kappa shape index (κ2) is 5.94. The molecule has 116 valence electrons. The number of nitrogens with zero attached hydrogens (tertiary/aromatic N) is 4. The fourth-order valence-corrected chi connectivity index (χ4v) is 3.41. The maximum atomic E-state index is 6.01. The molecule has 23 heavy (non-hydrogen) atoms. The molecule has 0 spiro atoms. The van der Waals surface area contributed by atoms with E-state index >= 15 is 0 Å². The molecule has 0 saturated carbocycles. The van der Waals surface area contributed by atoms with Gasteiger partial charge < -0.3 is 14.8 Å². The van der Waals surface area contributed by atoms with Gasteiger partial charge in [0.15, 0.2) is 11.5 Å². The molecule has 0 fully saturated rings. The Morgan fingerprint density at radius 1 is 1.22 bits per heavy atom. The van der Waals surface area contributed by atoms with Crippen molar-refractivity contribution >= 4 is 23.1 Å². The van der Waals surface area contributed by atoms with Gasteiger partial charge in [-0.3, -0.25) is 0 Å². The van der Waals surface area contributed by atoms with Crippen LogP contribution in [0.15, 0.2) is 56.1 Å². The number of rotatable bonds is 5. The predicted molar refractivity (Wildman–Crippen MR) is 87.3 cm³/mol. The summed E-state index contributed by atoms with van der Waals surface area (Å²) in [4.78, 5) is 1.05. The Morgan fingerprint density at radius 2 is 2.17 bits per heavy atom. The molecule has 0 atom stereocenters. The maximum Gasteiger partial charge on any atom is 0.218 e.